The van der Waals surface area contributed by atoms with E-state index in [9.17, 15) is 9.90 Å². The van der Waals surface area contributed by atoms with Crippen molar-refractivity contribution in [3.05, 3.63) is 26.6 Å². The largest absolute Gasteiger partial charge is 0.496 e. The Morgan fingerprint density at radius 2 is 2.00 bits per heavy atom. The number of aliphatic hydroxyl groups is 1. The van der Waals surface area contributed by atoms with E-state index in [-0.39, 0.29) is 11.8 Å². The Kier molecular flexibility index (Phi) is 4.50. The molecule has 1 spiro atoms. The standard InChI is InChI=1S/C16H20Br2N2O3/c1-19-6-4-5-16(19)13(14(21)20(2)15(16)22)9-7-12(23-3)11(18)8-10(9)17/h7-8,13-14,21H,4-6H2,1-3H3/t13-,14+,16-/m0/s1. The highest BCUT2D eigenvalue weighted by molar-refractivity contribution is 9.11. The summed E-state index contributed by atoms with van der Waals surface area (Å²) in [5, 5.41) is 10.8. The lowest BCUT2D eigenvalue weighted by Crippen LogP contribution is -2.51. The van der Waals surface area contributed by atoms with Gasteiger partial charge in [0.2, 0.25) is 5.91 Å². The number of nitrogens with zero attached hydrogens (tertiary/aromatic N) is 2. The number of amides is 1. The molecule has 2 aliphatic heterocycles. The molecule has 5 nitrogen and oxygen atoms in total. The molecule has 2 aliphatic rings. The van der Waals surface area contributed by atoms with Crippen molar-refractivity contribution in [3.63, 3.8) is 0 Å². The third-order valence-corrected chi connectivity index (χ3v) is 6.55. The number of likely N-dealkylation sites (tertiary alicyclic amines) is 2. The summed E-state index contributed by atoms with van der Waals surface area (Å²) in [6, 6.07) is 3.81. The van der Waals surface area contributed by atoms with Crippen LogP contribution in [0.4, 0.5) is 0 Å². The zero-order chi connectivity index (χ0) is 16.9. The van der Waals surface area contributed by atoms with Gasteiger partial charge in [0.25, 0.3) is 0 Å². The van der Waals surface area contributed by atoms with Crippen LogP contribution in [-0.2, 0) is 4.79 Å². The number of ether oxygens (including phenoxy) is 1. The summed E-state index contributed by atoms with van der Waals surface area (Å²) in [4.78, 5) is 16.5. The number of rotatable bonds is 2. The van der Waals surface area contributed by atoms with Crippen LogP contribution >= 0.6 is 31.9 Å². The van der Waals surface area contributed by atoms with Crippen LogP contribution in [0.25, 0.3) is 0 Å². The van der Waals surface area contributed by atoms with Crippen LogP contribution in [0.2, 0.25) is 0 Å². The number of halogens is 2. The van der Waals surface area contributed by atoms with Crippen LogP contribution in [-0.4, -0.2) is 60.3 Å². The first-order valence-corrected chi connectivity index (χ1v) is 9.12. The number of methoxy groups -OCH3 is 1. The Labute approximate surface area is 152 Å². The number of likely N-dealkylation sites (N-methyl/N-ethyl adjacent to an activating group) is 2. The molecule has 7 heteroatoms. The maximum atomic E-state index is 12.9. The van der Waals surface area contributed by atoms with Gasteiger partial charge in [-0.15, -0.1) is 0 Å². The molecule has 2 heterocycles. The quantitative estimate of drug-likeness (QED) is 0.756. The van der Waals surface area contributed by atoms with Gasteiger partial charge in [-0.05, 0) is 60.1 Å². The van der Waals surface area contributed by atoms with Crippen molar-refractivity contribution in [2.75, 3.05) is 27.7 Å². The lowest BCUT2D eigenvalue weighted by molar-refractivity contribution is -0.137. The highest BCUT2D eigenvalue weighted by atomic mass is 79.9. The lowest BCUT2D eigenvalue weighted by atomic mass is 9.78. The van der Waals surface area contributed by atoms with E-state index >= 15 is 0 Å². The fourth-order valence-electron chi connectivity index (χ4n) is 4.03. The van der Waals surface area contributed by atoms with E-state index in [1.54, 1.807) is 14.2 Å². The van der Waals surface area contributed by atoms with Crippen molar-refractivity contribution in [3.8, 4) is 5.75 Å². The molecule has 3 rings (SSSR count). The molecule has 0 aromatic heterocycles. The predicted octanol–water partition coefficient (Wildman–Crippen LogP) is 2.56. The third-order valence-electron chi connectivity index (χ3n) is 5.24. The second kappa shape index (κ2) is 6.02. The van der Waals surface area contributed by atoms with Crippen LogP contribution in [0.15, 0.2) is 21.1 Å². The van der Waals surface area contributed by atoms with Gasteiger partial charge in [-0.1, -0.05) is 15.9 Å². The molecule has 0 unspecified atom stereocenters. The third kappa shape index (κ3) is 2.35. The van der Waals surface area contributed by atoms with E-state index in [0.29, 0.717) is 5.75 Å². The Hall–Kier alpha value is -0.630. The van der Waals surface area contributed by atoms with E-state index in [1.807, 2.05) is 19.2 Å². The molecule has 2 saturated heterocycles. The van der Waals surface area contributed by atoms with Crippen molar-refractivity contribution in [1.29, 1.82) is 0 Å². The van der Waals surface area contributed by atoms with Gasteiger partial charge in [0.1, 0.15) is 17.5 Å². The SMILES string of the molecule is COc1cc([C@H]2[C@@H](O)N(C)C(=O)[C@]23CCCN3C)c(Br)cc1Br. The maximum absolute atomic E-state index is 12.9. The second-order valence-electron chi connectivity index (χ2n) is 6.26. The highest BCUT2D eigenvalue weighted by Gasteiger charge is 2.62. The van der Waals surface area contributed by atoms with E-state index in [4.69, 9.17) is 4.74 Å². The monoisotopic (exact) mass is 446 g/mol. The van der Waals surface area contributed by atoms with Gasteiger partial charge in [0, 0.05) is 11.5 Å². The number of carbonyl (C=O) groups is 1. The maximum Gasteiger partial charge on any atom is 0.245 e. The second-order valence-corrected chi connectivity index (χ2v) is 7.97. The van der Waals surface area contributed by atoms with Crippen LogP contribution < -0.4 is 4.74 Å². The molecule has 0 radical (unpaired) electrons. The van der Waals surface area contributed by atoms with Crippen molar-refractivity contribution >= 4 is 37.8 Å². The minimum atomic E-state index is -0.856. The average Bonchev–Trinajstić information content (AvgIpc) is 2.97. The Balaban J connectivity index is 2.19. The van der Waals surface area contributed by atoms with Gasteiger partial charge in [-0.2, -0.15) is 0 Å². The van der Waals surface area contributed by atoms with Crippen molar-refractivity contribution in [2.24, 2.45) is 0 Å². The van der Waals surface area contributed by atoms with E-state index < -0.39 is 11.8 Å². The van der Waals surface area contributed by atoms with Crippen LogP contribution in [0.3, 0.4) is 0 Å². The van der Waals surface area contributed by atoms with Gasteiger partial charge < -0.3 is 14.7 Å². The summed E-state index contributed by atoms with van der Waals surface area (Å²) in [7, 11) is 5.25. The predicted molar refractivity (Wildman–Crippen MR) is 94.5 cm³/mol. The molecule has 0 saturated carbocycles. The van der Waals surface area contributed by atoms with E-state index in [0.717, 1.165) is 33.9 Å². The molecule has 1 aromatic carbocycles. The molecule has 23 heavy (non-hydrogen) atoms. The number of benzene rings is 1. The summed E-state index contributed by atoms with van der Waals surface area (Å²) in [5.41, 5.74) is 0.208. The number of hydrogen-bond acceptors (Lipinski definition) is 4. The molecule has 1 N–H and O–H groups in total. The summed E-state index contributed by atoms with van der Waals surface area (Å²) in [5.74, 6) is 0.348. The summed E-state index contributed by atoms with van der Waals surface area (Å²) >= 11 is 7.06. The zero-order valence-corrected chi connectivity index (χ0v) is 16.5. The first kappa shape index (κ1) is 17.2. The molecule has 0 bridgehead atoms. The van der Waals surface area contributed by atoms with Crippen molar-refractivity contribution in [2.45, 2.75) is 30.5 Å². The van der Waals surface area contributed by atoms with E-state index in [2.05, 4.69) is 36.8 Å². The van der Waals surface area contributed by atoms with Crippen molar-refractivity contribution in [1.82, 2.24) is 9.80 Å². The first-order chi connectivity index (χ1) is 10.8. The van der Waals surface area contributed by atoms with Gasteiger partial charge in [0.05, 0.1) is 17.5 Å². The van der Waals surface area contributed by atoms with Gasteiger partial charge in [-0.25, -0.2) is 0 Å². The Bertz CT molecular complexity index is 654. The topological polar surface area (TPSA) is 53.0 Å². The normalized spacial score (nSPS) is 31.4. The summed E-state index contributed by atoms with van der Waals surface area (Å²) < 4.78 is 7.09. The average molecular weight is 448 g/mol. The van der Waals surface area contributed by atoms with Gasteiger partial charge in [0.15, 0.2) is 0 Å². The zero-order valence-electron chi connectivity index (χ0n) is 13.3. The number of aliphatic hydroxyl groups excluding tert-OH is 1. The molecule has 126 valence electrons. The van der Waals surface area contributed by atoms with Crippen LogP contribution in [0.5, 0.6) is 5.75 Å². The summed E-state index contributed by atoms with van der Waals surface area (Å²) in [6.45, 7) is 0.855. The fourth-order valence-corrected chi connectivity index (χ4v) is 5.43. The van der Waals surface area contributed by atoms with Crippen molar-refractivity contribution < 1.29 is 14.6 Å². The fraction of sp³-hybridized carbons (Fsp3) is 0.562. The molecular weight excluding hydrogens is 428 g/mol. The van der Waals surface area contributed by atoms with E-state index in [1.165, 1.54) is 4.90 Å². The molecule has 2 fully saturated rings. The highest BCUT2D eigenvalue weighted by Crippen LogP contribution is 2.51. The van der Waals surface area contributed by atoms with Crippen LogP contribution in [0, 0.1) is 0 Å². The molecule has 0 aliphatic carbocycles. The summed E-state index contributed by atoms with van der Waals surface area (Å²) in [6.07, 6.45) is 0.842. The smallest absolute Gasteiger partial charge is 0.245 e. The lowest BCUT2D eigenvalue weighted by Gasteiger charge is -2.36. The molecular formula is C16H20Br2N2O3. The minimum Gasteiger partial charge on any atom is -0.496 e. The molecule has 3 atom stereocenters. The Morgan fingerprint density at radius 1 is 1.30 bits per heavy atom. The molecule has 1 amide bonds. The minimum absolute atomic E-state index is 0.0104. The first-order valence-electron chi connectivity index (χ1n) is 7.54. The molecule has 1 aromatic rings. The van der Waals surface area contributed by atoms with Crippen LogP contribution in [0.1, 0.15) is 24.3 Å². The number of hydrogen-bond donors (Lipinski definition) is 1. The Morgan fingerprint density at radius 3 is 2.57 bits per heavy atom. The van der Waals surface area contributed by atoms with Gasteiger partial charge in [-0.3, -0.25) is 9.69 Å². The number of carbonyl (C=O) groups excluding carboxylic acids is 1. The van der Waals surface area contributed by atoms with Gasteiger partial charge >= 0.3 is 0 Å².